The average molecular weight is 476 g/mol. The lowest BCUT2D eigenvalue weighted by Gasteiger charge is -2.15. The summed E-state index contributed by atoms with van der Waals surface area (Å²) in [5.74, 6) is 1.17. The van der Waals surface area contributed by atoms with Gasteiger partial charge in [-0.3, -0.25) is 9.48 Å². The minimum Gasteiger partial charge on any atom is -1.00 e. The molecule has 0 amide bonds. The summed E-state index contributed by atoms with van der Waals surface area (Å²) in [6, 6.07) is 26.9. The first-order valence-electron chi connectivity index (χ1n) is 9.11. The highest BCUT2D eigenvalue weighted by Crippen LogP contribution is 2.25. The zero-order valence-electron chi connectivity index (χ0n) is 15.4. The second-order valence-corrected chi connectivity index (χ2v) is 7.61. The minimum absolute atomic E-state index is 0. The van der Waals surface area contributed by atoms with Gasteiger partial charge in [0.05, 0.1) is 10.6 Å². The number of halogens is 3. The highest BCUT2D eigenvalue weighted by molar-refractivity contribution is 6.36. The maximum absolute atomic E-state index is 6.59. The Morgan fingerprint density at radius 1 is 0.821 bits per heavy atom. The first-order valence-corrected chi connectivity index (χ1v) is 9.86. The van der Waals surface area contributed by atoms with Gasteiger partial charge < -0.3 is 17.0 Å². The van der Waals surface area contributed by atoms with Crippen molar-refractivity contribution < 1.29 is 21.6 Å². The fraction of sp³-hybridized carbons (Fsp3) is 0.174. The lowest BCUT2D eigenvalue weighted by atomic mass is 10.1. The summed E-state index contributed by atoms with van der Waals surface area (Å²) < 4.78 is 2.41. The Morgan fingerprint density at radius 3 is 2.11 bits per heavy atom. The van der Waals surface area contributed by atoms with Crippen LogP contribution >= 0.6 is 23.2 Å². The van der Waals surface area contributed by atoms with Crippen molar-refractivity contribution in [3.8, 4) is 0 Å². The van der Waals surface area contributed by atoms with Crippen LogP contribution in [0.1, 0.15) is 16.7 Å². The van der Waals surface area contributed by atoms with E-state index in [1.54, 1.807) is 0 Å². The van der Waals surface area contributed by atoms with E-state index in [9.17, 15) is 0 Å². The smallest absolute Gasteiger partial charge is 0.281 e. The second-order valence-electron chi connectivity index (χ2n) is 6.76. The molecule has 0 aliphatic carbocycles. The molecule has 0 saturated carbocycles. The van der Waals surface area contributed by atoms with Crippen LogP contribution in [0.5, 0.6) is 0 Å². The SMILES string of the molecule is Clc1ccc(C2=[N+](Cc3ccccc3)CCN2Cc2ccccc2)c(Cl)c1.[Br-]. The second kappa shape index (κ2) is 9.60. The minimum atomic E-state index is 0. The van der Waals surface area contributed by atoms with Crippen molar-refractivity contribution in [3.63, 3.8) is 0 Å². The third-order valence-corrected chi connectivity index (χ3v) is 5.39. The molecule has 0 fully saturated rings. The van der Waals surface area contributed by atoms with E-state index >= 15 is 0 Å². The number of amidine groups is 1. The van der Waals surface area contributed by atoms with E-state index < -0.39 is 0 Å². The standard InChI is InChI=1S/C23H21Cl2N2.BrH/c24-20-11-12-21(22(25)15-20)23-26(16-18-7-3-1-4-8-18)13-14-27(23)17-19-9-5-2-6-10-19;/h1-12,15H,13-14,16-17H2;1H/q+1;/p-1. The molecule has 0 radical (unpaired) electrons. The van der Waals surface area contributed by atoms with E-state index in [4.69, 9.17) is 23.2 Å². The largest absolute Gasteiger partial charge is 1.00 e. The highest BCUT2D eigenvalue weighted by atomic mass is 79.9. The number of benzene rings is 3. The van der Waals surface area contributed by atoms with Gasteiger partial charge in [-0.25, -0.2) is 0 Å². The predicted molar refractivity (Wildman–Crippen MR) is 113 cm³/mol. The van der Waals surface area contributed by atoms with Crippen molar-refractivity contribution in [1.82, 2.24) is 4.90 Å². The molecule has 4 rings (SSSR count). The molecule has 144 valence electrons. The van der Waals surface area contributed by atoms with E-state index in [-0.39, 0.29) is 17.0 Å². The zero-order valence-corrected chi connectivity index (χ0v) is 18.5. The fourth-order valence-electron chi connectivity index (χ4n) is 3.58. The molecule has 1 aliphatic rings. The summed E-state index contributed by atoms with van der Waals surface area (Å²) in [5, 5.41) is 1.35. The molecule has 2 nitrogen and oxygen atoms in total. The number of nitrogens with zero attached hydrogens (tertiary/aromatic N) is 2. The van der Waals surface area contributed by atoms with Gasteiger partial charge in [0.2, 0.25) is 0 Å². The van der Waals surface area contributed by atoms with Crippen LogP contribution in [-0.2, 0) is 13.1 Å². The summed E-state index contributed by atoms with van der Waals surface area (Å²) in [6.07, 6.45) is 0. The van der Waals surface area contributed by atoms with Gasteiger partial charge in [-0.1, -0.05) is 83.9 Å². The average Bonchev–Trinajstić information content (AvgIpc) is 3.05. The van der Waals surface area contributed by atoms with E-state index in [0.717, 1.165) is 31.7 Å². The Hall–Kier alpha value is -1.81. The molecular weight excluding hydrogens is 455 g/mol. The molecule has 1 heterocycles. The zero-order chi connectivity index (χ0) is 18.6. The van der Waals surface area contributed by atoms with Gasteiger partial charge in [0.25, 0.3) is 5.84 Å². The highest BCUT2D eigenvalue weighted by Gasteiger charge is 2.33. The predicted octanol–water partition coefficient (Wildman–Crippen LogP) is 2.47. The van der Waals surface area contributed by atoms with Gasteiger partial charge in [0.15, 0.2) is 0 Å². The Balaban J connectivity index is 0.00000225. The molecule has 0 spiro atoms. The summed E-state index contributed by atoms with van der Waals surface area (Å²) in [7, 11) is 0. The Bertz CT molecular complexity index is 959. The third-order valence-electron chi connectivity index (χ3n) is 4.84. The first kappa shape index (κ1) is 20.9. The van der Waals surface area contributed by atoms with Gasteiger partial charge >= 0.3 is 0 Å². The van der Waals surface area contributed by atoms with Crippen molar-refractivity contribution in [2.75, 3.05) is 13.1 Å². The third kappa shape index (κ3) is 4.78. The van der Waals surface area contributed by atoms with Gasteiger partial charge in [-0.2, -0.15) is 0 Å². The van der Waals surface area contributed by atoms with Gasteiger partial charge in [-0.15, -0.1) is 0 Å². The molecule has 0 unspecified atom stereocenters. The number of hydrogen-bond donors (Lipinski definition) is 0. The van der Waals surface area contributed by atoms with Crippen LogP contribution in [0.25, 0.3) is 0 Å². The molecular formula is C23H21BrCl2N2. The monoisotopic (exact) mass is 474 g/mol. The molecule has 3 aromatic carbocycles. The quantitative estimate of drug-likeness (QED) is 0.514. The molecule has 3 aromatic rings. The van der Waals surface area contributed by atoms with Crippen LogP contribution in [0.4, 0.5) is 0 Å². The number of rotatable bonds is 5. The Kier molecular flexibility index (Phi) is 7.17. The molecule has 0 aromatic heterocycles. The van der Waals surface area contributed by atoms with Crippen LogP contribution in [0, 0.1) is 0 Å². The van der Waals surface area contributed by atoms with E-state index in [1.165, 1.54) is 17.0 Å². The molecule has 0 saturated heterocycles. The molecule has 0 bridgehead atoms. The molecule has 5 heteroatoms. The molecule has 28 heavy (non-hydrogen) atoms. The van der Waals surface area contributed by atoms with E-state index in [0.29, 0.717) is 10.0 Å². The van der Waals surface area contributed by atoms with Gasteiger partial charge in [-0.05, 0) is 29.3 Å². The summed E-state index contributed by atoms with van der Waals surface area (Å²) in [6.45, 7) is 3.66. The van der Waals surface area contributed by atoms with Crippen LogP contribution < -0.4 is 17.0 Å². The van der Waals surface area contributed by atoms with Crippen molar-refractivity contribution in [2.24, 2.45) is 0 Å². The maximum atomic E-state index is 6.59. The van der Waals surface area contributed by atoms with Crippen LogP contribution in [0.3, 0.4) is 0 Å². The topological polar surface area (TPSA) is 6.25 Å². The van der Waals surface area contributed by atoms with Crippen molar-refractivity contribution in [3.05, 3.63) is 106 Å². The van der Waals surface area contributed by atoms with Crippen molar-refractivity contribution in [1.29, 1.82) is 0 Å². The van der Waals surface area contributed by atoms with Crippen LogP contribution in [-0.4, -0.2) is 28.4 Å². The van der Waals surface area contributed by atoms with Crippen LogP contribution in [0.2, 0.25) is 10.0 Å². The van der Waals surface area contributed by atoms with E-state index in [1.807, 2.05) is 18.2 Å². The molecule has 0 atom stereocenters. The van der Waals surface area contributed by atoms with Gasteiger partial charge in [0.1, 0.15) is 26.2 Å². The fourth-order valence-corrected chi connectivity index (χ4v) is 4.07. The Labute approximate surface area is 186 Å². The van der Waals surface area contributed by atoms with E-state index in [2.05, 4.69) is 70.1 Å². The number of hydrogen-bond acceptors (Lipinski definition) is 1. The summed E-state index contributed by atoms with van der Waals surface area (Å²) in [4.78, 5) is 2.41. The lowest BCUT2D eigenvalue weighted by Crippen LogP contribution is -3.00. The van der Waals surface area contributed by atoms with Crippen molar-refractivity contribution >= 4 is 29.0 Å². The van der Waals surface area contributed by atoms with Crippen molar-refractivity contribution in [2.45, 2.75) is 13.1 Å². The normalized spacial score (nSPS) is 13.6. The maximum Gasteiger partial charge on any atom is 0.281 e. The lowest BCUT2D eigenvalue weighted by molar-refractivity contribution is -0.533. The summed E-state index contributed by atoms with van der Waals surface area (Å²) >= 11 is 12.7. The first-order chi connectivity index (χ1) is 13.2. The van der Waals surface area contributed by atoms with Gasteiger partial charge in [0, 0.05) is 5.02 Å². The van der Waals surface area contributed by atoms with Crippen LogP contribution in [0.15, 0.2) is 78.9 Å². The Morgan fingerprint density at radius 2 is 1.46 bits per heavy atom. The molecule has 0 N–H and O–H groups in total. The summed E-state index contributed by atoms with van der Waals surface area (Å²) in [5.41, 5.74) is 3.62. The molecule has 1 aliphatic heterocycles.